The van der Waals surface area contributed by atoms with Crippen LogP contribution in [-0.4, -0.2) is 22.9 Å². The molecule has 1 N–H and O–H groups in total. The summed E-state index contributed by atoms with van der Waals surface area (Å²) in [4.78, 5) is 2.52. The van der Waals surface area contributed by atoms with E-state index in [1.165, 1.54) is 73.1 Å². The van der Waals surface area contributed by atoms with Crippen molar-refractivity contribution in [3.05, 3.63) is 59.0 Å². The molecule has 0 aromatic rings. The van der Waals surface area contributed by atoms with Gasteiger partial charge in [0.25, 0.3) is 0 Å². The van der Waals surface area contributed by atoms with Gasteiger partial charge in [0.2, 0.25) is 0 Å². The molecule has 0 spiro atoms. The Labute approximate surface area is 171 Å². The van der Waals surface area contributed by atoms with E-state index in [1.807, 2.05) is 0 Å². The van der Waals surface area contributed by atoms with Crippen molar-refractivity contribution in [2.75, 3.05) is 6.67 Å². The SMILES string of the molecule is C=C1C2=CC=CCC=C2N(CNC2CC2S)C(CCCCCCCC)=C1C. The van der Waals surface area contributed by atoms with Gasteiger partial charge in [0.05, 0.1) is 6.67 Å². The minimum atomic E-state index is 0.525. The third kappa shape index (κ3) is 5.20. The van der Waals surface area contributed by atoms with Crippen LogP contribution in [0.1, 0.15) is 71.6 Å². The lowest BCUT2D eigenvalue weighted by Crippen LogP contribution is -2.38. The van der Waals surface area contributed by atoms with Crippen molar-refractivity contribution in [1.82, 2.24) is 10.2 Å². The maximum absolute atomic E-state index is 4.59. The standard InChI is InChI=1S/C24H36N2S/c1-4-5-6-7-8-11-14-22-19(3)18(2)20-13-10-9-12-15-23(20)26(22)17-25-21-16-24(21)27/h9-10,13,15,21,24-25,27H,2,4-8,11-12,14,16-17H2,1,3H3. The highest BCUT2D eigenvalue weighted by atomic mass is 32.1. The predicted molar refractivity (Wildman–Crippen MR) is 121 cm³/mol. The van der Waals surface area contributed by atoms with Crippen molar-refractivity contribution in [3.63, 3.8) is 0 Å². The average Bonchev–Trinajstić information content (AvgIpc) is 3.42. The lowest BCUT2D eigenvalue weighted by molar-refractivity contribution is 0.362. The van der Waals surface area contributed by atoms with Crippen LogP contribution < -0.4 is 5.32 Å². The highest BCUT2D eigenvalue weighted by molar-refractivity contribution is 7.81. The summed E-state index contributed by atoms with van der Waals surface area (Å²) < 4.78 is 0. The number of allylic oxidation sites excluding steroid dienone is 7. The van der Waals surface area contributed by atoms with Gasteiger partial charge in [0, 0.05) is 28.3 Å². The Morgan fingerprint density at radius 2 is 1.96 bits per heavy atom. The molecule has 0 bridgehead atoms. The zero-order chi connectivity index (χ0) is 19.2. The van der Waals surface area contributed by atoms with Gasteiger partial charge in [-0.25, -0.2) is 0 Å². The second kappa shape index (κ2) is 9.84. The van der Waals surface area contributed by atoms with Gasteiger partial charge in [-0.3, -0.25) is 5.32 Å². The van der Waals surface area contributed by atoms with Crippen LogP contribution in [0.25, 0.3) is 0 Å². The van der Waals surface area contributed by atoms with Crippen molar-refractivity contribution in [3.8, 4) is 0 Å². The Morgan fingerprint density at radius 1 is 1.22 bits per heavy atom. The van der Waals surface area contributed by atoms with E-state index in [2.05, 4.69) is 67.6 Å². The minimum absolute atomic E-state index is 0.525. The van der Waals surface area contributed by atoms with E-state index in [-0.39, 0.29) is 0 Å². The van der Waals surface area contributed by atoms with Gasteiger partial charge in [-0.1, -0.05) is 69.9 Å². The minimum Gasteiger partial charge on any atom is -0.331 e. The molecule has 0 saturated heterocycles. The molecule has 2 nitrogen and oxygen atoms in total. The van der Waals surface area contributed by atoms with E-state index >= 15 is 0 Å². The van der Waals surface area contributed by atoms with Crippen LogP contribution in [0.3, 0.4) is 0 Å². The molecule has 1 fully saturated rings. The summed E-state index contributed by atoms with van der Waals surface area (Å²) in [5.74, 6) is 0. The third-order valence-corrected chi connectivity index (χ3v) is 6.56. The monoisotopic (exact) mass is 384 g/mol. The first-order valence-electron chi connectivity index (χ1n) is 10.8. The van der Waals surface area contributed by atoms with Gasteiger partial charge >= 0.3 is 0 Å². The molecule has 1 saturated carbocycles. The van der Waals surface area contributed by atoms with Gasteiger partial charge in [0.15, 0.2) is 0 Å². The van der Waals surface area contributed by atoms with Crippen LogP contribution in [-0.2, 0) is 0 Å². The lowest BCUT2D eigenvalue weighted by Gasteiger charge is -2.38. The van der Waals surface area contributed by atoms with Gasteiger partial charge in [-0.15, -0.1) is 0 Å². The van der Waals surface area contributed by atoms with Gasteiger partial charge in [-0.05, 0) is 43.8 Å². The van der Waals surface area contributed by atoms with E-state index in [0.717, 1.165) is 19.5 Å². The van der Waals surface area contributed by atoms with Crippen LogP contribution in [0, 0.1) is 0 Å². The van der Waals surface area contributed by atoms with Gasteiger partial charge < -0.3 is 4.90 Å². The van der Waals surface area contributed by atoms with Crippen LogP contribution in [0.4, 0.5) is 0 Å². The van der Waals surface area contributed by atoms with Crippen LogP contribution >= 0.6 is 12.6 Å². The first-order valence-corrected chi connectivity index (χ1v) is 11.3. The van der Waals surface area contributed by atoms with Gasteiger partial charge in [0.1, 0.15) is 0 Å². The summed E-state index contributed by atoms with van der Waals surface area (Å²) in [6.07, 6.45) is 20.3. The summed E-state index contributed by atoms with van der Waals surface area (Å²) in [5.41, 5.74) is 6.64. The molecule has 3 aliphatic rings. The molecule has 2 aliphatic carbocycles. The van der Waals surface area contributed by atoms with Crippen molar-refractivity contribution in [1.29, 1.82) is 0 Å². The van der Waals surface area contributed by atoms with Crippen molar-refractivity contribution >= 4 is 12.6 Å². The molecule has 0 radical (unpaired) electrons. The Hall–Kier alpha value is -1.19. The molecule has 1 heterocycles. The summed E-state index contributed by atoms with van der Waals surface area (Å²) >= 11 is 4.59. The number of unbranched alkanes of at least 4 members (excludes halogenated alkanes) is 5. The molecule has 2 unspecified atom stereocenters. The second-order valence-electron chi connectivity index (χ2n) is 8.10. The molecule has 2 atom stereocenters. The van der Waals surface area contributed by atoms with E-state index < -0.39 is 0 Å². The third-order valence-electron chi connectivity index (χ3n) is 5.98. The highest BCUT2D eigenvalue weighted by Gasteiger charge is 2.35. The predicted octanol–water partition coefficient (Wildman–Crippen LogP) is 6.27. The summed E-state index contributed by atoms with van der Waals surface area (Å²) in [6, 6.07) is 0.561. The number of hydrogen-bond donors (Lipinski definition) is 2. The molecule has 0 aromatic heterocycles. The normalized spacial score (nSPS) is 24.6. The second-order valence-corrected chi connectivity index (χ2v) is 8.76. The van der Waals surface area contributed by atoms with Crippen molar-refractivity contribution < 1.29 is 0 Å². The maximum atomic E-state index is 4.59. The molecule has 0 amide bonds. The quantitative estimate of drug-likeness (QED) is 0.341. The smallest absolute Gasteiger partial charge is 0.0731 e. The molecule has 3 heteroatoms. The van der Waals surface area contributed by atoms with E-state index in [9.17, 15) is 0 Å². The maximum Gasteiger partial charge on any atom is 0.0731 e. The zero-order valence-corrected chi connectivity index (χ0v) is 18.0. The lowest BCUT2D eigenvalue weighted by atomic mass is 9.89. The van der Waals surface area contributed by atoms with E-state index in [0.29, 0.717) is 11.3 Å². The average molecular weight is 385 g/mol. The number of nitrogens with zero attached hydrogens (tertiary/aromatic N) is 1. The number of nitrogens with one attached hydrogen (secondary N) is 1. The molecular formula is C24H36N2S. The van der Waals surface area contributed by atoms with Gasteiger partial charge in [-0.2, -0.15) is 12.6 Å². The Kier molecular flexibility index (Phi) is 7.49. The molecule has 3 rings (SSSR count). The fourth-order valence-corrected chi connectivity index (χ4v) is 4.37. The molecule has 27 heavy (non-hydrogen) atoms. The largest absolute Gasteiger partial charge is 0.331 e. The summed E-state index contributed by atoms with van der Waals surface area (Å²) in [7, 11) is 0. The number of fused-ring (bicyclic) bond motifs is 1. The summed E-state index contributed by atoms with van der Waals surface area (Å²) in [5, 5.41) is 4.24. The van der Waals surface area contributed by atoms with E-state index in [1.54, 1.807) is 0 Å². The topological polar surface area (TPSA) is 15.3 Å². The number of thiol groups is 1. The van der Waals surface area contributed by atoms with Crippen LogP contribution in [0.2, 0.25) is 0 Å². The summed E-state index contributed by atoms with van der Waals surface area (Å²) in [6.45, 7) is 9.85. The Bertz CT molecular complexity index is 668. The molecule has 148 valence electrons. The first kappa shape index (κ1) is 20.5. The zero-order valence-electron chi connectivity index (χ0n) is 17.1. The van der Waals surface area contributed by atoms with Crippen LogP contribution in [0.15, 0.2) is 59.0 Å². The first-order chi connectivity index (χ1) is 13.1. The van der Waals surface area contributed by atoms with Crippen molar-refractivity contribution in [2.45, 2.75) is 82.9 Å². The molecular weight excluding hydrogens is 348 g/mol. The molecule has 1 aliphatic heterocycles. The Morgan fingerprint density at radius 3 is 2.70 bits per heavy atom. The number of rotatable bonds is 10. The van der Waals surface area contributed by atoms with E-state index in [4.69, 9.17) is 0 Å². The highest BCUT2D eigenvalue weighted by Crippen LogP contribution is 2.40. The number of hydrogen-bond acceptors (Lipinski definition) is 3. The van der Waals surface area contributed by atoms with Crippen molar-refractivity contribution in [2.24, 2.45) is 0 Å². The fraction of sp³-hybridized carbons (Fsp3) is 0.583. The fourth-order valence-electron chi connectivity index (χ4n) is 4.04. The Balaban J connectivity index is 1.72. The van der Waals surface area contributed by atoms with Crippen LogP contribution in [0.5, 0.6) is 0 Å². The molecule has 0 aromatic carbocycles.